The average molecular weight is 223 g/mol. The lowest BCUT2D eigenvalue weighted by Crippen LogP contribution is -1.75. The lowest BCUT2D eigenvalue weighted by Gasteiger charge is -1.96. The molecular weight excluding hydrogens is 214 g/mol. The van der Waals surface area contributed by atoms with Crippen molar-refractivity contribution in [1.82, 2.24) is 4.98 Å². The highest BCUT2D eigenvalue weighted by Gasteiger charge is 2.07. The molecule has 0 aliphatic heterocycles. The molecule has 2 aromatic rings. The standard InChI is InChI=1S/C10H9NOS2/c1-7-6-8(10(12)13-7)14-9-4-2-3-5-11-9/h2-6,12H,1H3. The molecule has 0 aromatic carbocycles. The number of aryl methyl sites for hydroxylation is 1. The molecule has 0 fully saturated rings. The molecule has 14 heavy (non-hydrogen) atoms. The zero-order valence-corrected chi connectivity index (χ0v) is 9.23. The summed E-state index contributed by atoms with van der Waals surface area (Å²) in [4.78, 5) is 6.17. The fraction of sp³-hybridized carbons (Fsp3) is 0.100. The fourth-order valence-electron chi connectivity index (χ4n) is 1.07. The van der Waals surface area contributed by atoms with Gasteiger partial charge < -0.3 is 5.11 Å². The Labute approximate surface area is 90.6 Å². The third-order valence-corrected chi connectivity index (χ3v) is 3.62. The molecule has 2 aromatic heterocycles. The van der Waals surface area contributed by atoms with Crippen LogP contribution in [-0.2, 0) is 0 Å². The molecule has 4 heteroatoms. The first-order valence-corrected chi connectivity index (χ1v) is 5.77. The molecule has 2 rings (SSSR count). The van der Waals surface area contributed by atoms with Crippen LogP contribution in [0.5, 0.6) is 5.06 Å². The van der Waals surface area contributed by atoms with Gasteiger partial charge in [-0.15, -0.1) is 11.3 Å². The van der Waals surface area contributed by atoms with Gasteiger partial charge in [0.1, 0.15) is 5.03 Å². The molecule has 0 unspecified atom stereocenters. The molecule has 0 atom stereocenters. The molecule has 2 nitrogen and oxygen atoms in total. The van der Waals surface area contributed by atoms with Gasteiger partial charge in [-0.3, -0.25) is 0 Å². The summed E-state index contributed by atoms with van der Waals surface area (Å²) in [5, 5.41) is 10.8. The number of aromatic hydroxyl groups is 1. The highest BCUT2D eigenvalue weighted by molar-refractivity contribution is 7.99. The van der Waals surface area contributed by atoms with Crippen molar-refractivity contribution in [3.05, 3.63) is 35.3 Å². The molecule has 0 aliphatic carbocycles. The molecule has 0 bridgehead atoms. The summed E-state index contributed by atoms with van der Waals surface area (Å²) in [6.07, 6.45) is 1.75. The maximum absolute atomic E-state index is 9.56. The molecule has 0 spiro atoms. The molecule has 0 aliphatic rings. The van der Waals surface area contributed by atoms with Crippen LogP contribution in [-0.4, -0.2) is 10.1 Å². The van der Waals surface area contributed by atoms with Crippen molar-refractivity contribution in [1.29, 1.82) is 0 Å². The van der Waals surface area contributed by atoms with Gasteiger partial charge in [0.2, 0.25) is 0 Å². The minimum atomic E-state index is 0.373. The third kappa shape index (κ3) is 2.08. The predicted molar refractivity (Wildman–Crippen MR) is 59.1 cm³/mol. The van der Waals surface area contributed by atoms with Crippen molar-refractivity contribution >= 4 is 23.1 Å². The Morgan fingerprint density at radius 2 is 2.29 bits per heavy atom. The van der Waals surface area contributed by atoms with E-state index in [1.54, 1.807) is 6.20 Å². The molecule has 2 heterocycles. The number of thiophene rings is 1. The average Bonchev–Trinajstić information content (AvgIpc) is 2.47. The van der Waals surface area contributed by atoms with E-state index in [9.17, 15) is 5.11 Å². The SMILES string of the molecule is Cc1cc(Sc2ccccn2)c(O)s1. The van der Waals surface area contributed by atoms with Gasteiger partial charge >= 0.3 is 0 Å². The molecule has 0 saturated carbocycles. The normalized spacial score (nSPS) is 10.4. The second kappa shape index (κ2) is 4.02. The zero-order valence-electron chi connectivity index (χ0n) is 7.60. The van der Waals surface area contributed by atoms with Crippen LogP contribution < -0.4 is 0 Å². The summed E-state index contributed by atoms with van der Waals surface area (Å²) >= 11 is 2.88. The maximum Gasteiger partial charge on any atom is 0.185 e. The van der Waals surface area contributed by atoms with Crippen LogP contribution in [0.15, 0.2) is 40.4 Å². The first-order valence-electron chi connectivity index (χ1n) is 4.14. The van der Waals surface area contributed by atoms with Crippen LogP contribution in [0.1, 0.15) is 4.88 Å². The van der Waals surface area contributed by atoms with E-state index in [-0.39, 0.29) is 0 Å². The second-order valence-electron chi connectivity index (χ2n) is 2.80. The summed E-state index contributed by atoms with van der Waals surface area (Å²) in [5.41, 5.74) is 0. The third-order valence-electron chi connectivity index (χ3n) is 1.66. The Morgan fingerprint density at radius 3 is 2.86 bits per heavy atom. The van der Waals surface area contributed by atoms with E-state index in [4.69, 9.17) is 0 Å². The maximum atomic E-state index is 9.56. The number of hydrogen-bond acceptors (Lipinski definition) is 4. The summed E-state index contributed by atoms with van der Waals surface area (Å²) in [6, 6.07) is 7.71. The molecule has 0 saturated heterocycles. The van der Waals surface area contributed by atoms with Gasteiger partial charge in [0.25, 0.3) is 0 Å². The van der Waals surface area contributed by atoms with Gasteiger partial charge in [0.15, 0.2) is 5.06 Å². The minimum Gasteiger partial charge on any atom is -0.499 e. The lowest BCUT2D eigenvalue weighted by atomic mass is 10.5. The van der Waals surface area contributed by atoms with Crippen LogP contribution in [0.3, 0.4) is 0 Å². The highest BCUT2D eigenvalue weighted by atomic mass is 32.2. The zero-order chi connectivity index (χ0) is 9.97. The number of nitrogens with zero attached hydrogens (tertiary/aromatic N) is 1. The molecule has 1 N–H and O–H groups in total. The largest absolute Gasteiger partial charge is 0.499 e. The van der Waals surface area contributed by atoms with Crippen LogP contribution in [0.25, 0.3) is 0 Å². The highest BCUT2D eigenvalue weighted by Crippen LogP contribution is 2.39. The molecule has 0 radical (unpaired) electrons. The van der Waals surface area contributed by atoms with Crippen molar-refractivity contribution in [2.75, 3.05) is 0 Å². The lowest BCUT2D eigenvalue weighted by molar-refractivity contribution is 0.479. The fourth-order valence-corrected chi connectivity index (χ4v) is 2.85. The number of rotatable bonds is 2. The van der Waals surface area contributed by atoms with Crippen molar-refractivity contribution in [2.45, 2.75) is 16.8 Å². The Balaban J connectivity index is 2.23. The Kier molecular flexibility index (Phi) is 2.74. The minimum absolute atomic E-state index is 0.373. The van der Waals surface area contributed by atoms with E-state index in [0.29, 0.717) is 5.06 Å². The van der Waals surface area contributed by atoms with E-state index < -0.39 is 0 Å². The molecule has 72 valence electrons. The topological polar surface area (TPSA) is 33.1 Å². The first kappa shape index (κ1) is 9.55. The quantitative estimate of drug-likeness (QED) is 0.848. The number of pyridine rings is 1. The van der Waals surface area contributed by atoms with Crippen molar-refractivity contribution < 1.29 is 5.11 Å². The summed E-state index contributed by atoms with van der Waals surface area (Å²) in [7, 11) is 0. The van der Waals surface area contributed by atoms with Crippen molar-refractivity contribution in [3.63, 3.8) is 0 Å². The van der Waals surface area contributed by atoms with E-state index in [1.807, 2.05) is 31.2 Å². The van der Waals surface area contributed by atoms with E-state index >= 15 is 0 Å². The summed E-state index contributed by atoms with van der Waals surface area (Å²) in [6.45, 7) is 1.98. The molecular formula is C10H9NOS2. The van der Waals surface area contributed by atoms with E-state index in [0.717, 1.165) is 14.8 Å². The van der Waals surface area contributed by atoms with Gasteiger partial charge in [-0.2, -0.15) is 0 Å². The van der Waals surface area contributed by atoms with Gasteiger partial charge in [0.05, 0.1) is 4.90 Å². The van der Waals surface area contributed by atoms with Crippen LogP contribution in [0, 0.1) is 6.92 Å². The van der Waals surface area contributed by atoms with Crippen LogP contribution >= 0.6 is 23.1 Å². The van der Waals surface area contributed by atoms with Gasteiger partial charge in [-0.05, 0) is 25.1 Å². The van der Waals surface area contributed by atoms with Gasteiger partial charge in [-0.25, -0.2) is 4.98 Å². The van der Waals surface area contributed by atoms with Gasteiger partial charge in [0, 0.05) is 11.1 Å². The molecule has 0 amide bonds. The predicted octanol–water partition coefficient (Wildman–Crippen LogP) is 3.31. The summed E-state index contributed by atoms with van der Waals surface area (Å²) in [5.74, 6) is 0. The van der Waals surface area contributed by atoms with E-state index in [2.05, 4.69) is 4.98 Å². The number of hydrogen-bond donors (Lipinski definition) is 1. The van der Waals surface area contributed by atoms with Crippen molar-refractivity contribution in [3.8, 4) is 5.06 Å². The number of aromatic nitrogens is 1. The Bertz CT molecular complexity index is 425. The van der Waals surface area contributed by atoms with E-state index in [1.165, 1.54) is 23.1 Å². The Morgan fingerprint density at radius 1 is 1.43 bits per heavy atom. The van der Waals surface area contributed by atoms with Crippen molar-refractivity contribution in [2.24, 2.45) is 0 Å². The Hall–Kier alpha value is -1.00. The summed E-state index contributed by atoms with van der Waals surface area (Å²) < 4.78 is 0. The van der Waals surface area contributed by atoms with Crippen LogP contribution in [0.4, 0.5) is 0 Å². The monoisotopic (exact) mass is 223 g/mol. The van der Waals surface area contributed by atoms with Crippen LogP contribution in [0.2, 0.25) is 0 Å². The van der Waals surface area contributed by atoms with Gasteiger partial charge in [-0.1, -0.05) is 17.8 Å². The first-order chi connectivity index (χ1) is 6.75. The second-order valence-corrected chi connectivity index (χ2v) is 5.09. The smallest absolute Gasteiger partial charge is 0.185 e.